The predicted molar refractivity (Wildman–Crippen MR) is 91.5 cm³/mol. The highest BCUT2D eigenvalue weighted by Gasteiger charge is 2.12. The summed E-state index contributed by atoms with van der Waals surface area (Å²) in [6.45, 7) is 3.11. The normalized spacial score (nSPS) is 12.2. The molecule has 124 valence electrons. The van der Waals surface area contributed by atoms with Crippen LogP contribution in [0.4, 0.5) is 0 Å². The third-order valence-corrected chi connectivity index (χ3v) is 3.91. The van der Waals surface area contributed by atoms with Crippen LogP contribution in [0.3, 0.4) is 0 Å². The molecule has 0 saturated carbocycles. The molecule has 2 aromatic rings. The Balaban J connectivity index is 1.91. The largest absolute Gasteiger partial charge is 0.441 e. The van der Waals surface area contributed by atoms with Gasteiger partial charge in [0.25, 0.3) is 0 Å². The number of nitrogens with two attached hydrogens (primary N) is 1. The third kappa shape index (κ3) is 5.23. The van der Waals surface area contributed by atoms with Crippen molar-refractivity contribution in [2.75, 3.05) is 13.1 Å². The molecule has 0 saturated heterocycles. The van der Waals surface area contributed by atoms with Gasteiger partial charge in [-0.15, -0.1) is 0 Å². The second-order valence-electron chi connectivity index (χ2n) is 5.39. The molecule has 5 nitrogen and oxygen atoms in total. The smallest absolute Gasteiger partial charge is 0.220 e. The van der Waals surface area contributed by atoms with E-state index in [4.69, 9.17) is 33.4 Å². The molecule has 0 aliphatic rings. The van der Waals surface area contributed by atoms with Crippen molar-refractivity contribution < 1.29 is 9.21 Å². The summed E-state index contributed by atoms with van der Waals surface area (Å²) < 4.78 is 5.65. The quantitative estimate of drug-likeness (QED) is 0.798. The standard InChI is InChI=1S/C16H19Cl2N3O2/c1-10(7-19)8-20-15(22)4-5-16-21-9-14(23-16)12-3-2-11(17)6-13(12)18/h2-3,6,9-10H,4-5,7-8,19H2,1H3,(H,20,22). The summed E-state index contributed by atoms with van der Waals surface area (Å²) in [5.74, 6) is 1.26. The molecule has 0 spiro atoms. The number of hydrogen-bond acceptors (Lipinski definition) is 4. The minimum absolute atomic E-state index is 0.0467. The van der Waals surface area contributed by atoms with Crippen LogP contribution in [0, 0.1) is 5.92 Å². The van der Waals surface area contributed by atoms with E-state index in [2.05, 4.69) is 10.3 Å². The van der Waals surface area contributed by atoms with E-state index in [1.54, 1.807) is 24.4 Å². The molecule has 7 heteroatoms. The summed E-state index contributed by atoms with van der Waals surface area (Å²) in [6.07, 6.45) is 2.33. The highest BCUT2D eigenvalue weighted by atomic mass is 35.5. The van der Waals surface area contributed by atoms with Gasteiger partial charge in [-0.05, 0) is 30.7 Å². The maximum atomic E-state index is 11.7. The number of hydrogen-bond donors (Lipinski definition) is 2. The predicted octanol–water partition coefficient (Wildman–Crippen LogP) is 3.29. The maximum Gasteiger partial charge on any atom is 0.220 e. The summed E-state index contributed by atoms with van der Waals surface area (Å²) in [5.41, 5.74) is 6.23. The average molecular weight is 356 g/mol. The van der Waals surface area contributed by atoms with E-state index in [9.17, 15) is 4.79 Å². The topological polar surface area (TPSA) is 81.1 Å². The molecule has 1 atom stereocenters. The molecule has 0 bridgehead atoms. The number of halogens is 2. The molecule has 0 radical (unpaired) electrons. The van der Waals surface area contributed by atoms with Gasteiger partial charge in [0.15, 0.2) is 11.7 Å². The van der Waals surface area contributed by atoms with Crippen molar-refractivity contribution in [2.24, 2.45) is 11.7 Å². The summed E-state index contributed by atoms with van der Waals surface area (Å²) in [7, 11) is 0. The monoisotopic (exact) mass is 355 g/mol. The van der Waals surface area contributed by atoms with Crippen LogP contribution in [0.25, 0.3) is 11.3 Å². The molecule has 23 heavy (non-hydrogen) atoms. The number of aromatic nitrogens is 1. The van der Waals surface area contributed by atoms with E-state index in [-0.39, 0.29) is 11.8 Å². The van der Waals surface area contributed by atoms with Crippen LogP contribution in [-0.2, 0) is 11.2 Å². The number of benzene rings is 1. The fourth-order valence-corrected chi connectivity index (χ4v) is 2.42. The van der Waals surface area contributed by atoms with E-state index in [0.717, 1.165) is 5.56 Å². The lowest BCUT2D eigenvalue weighted by molar-refractivity contribution is -0.121. The lowest BCUT2D eigenvalue weighted by Crippen LogP contribution is -2.31. The Morgan fingerprint density at radius 1 is 1.43 bits per heavy atom. The van der Waals surface area contributed by atoms with Crippen LogP contribution in [0.1, 0.15) is 19.2 Å². The summed E-state index contributed by atoms with van der Waals surface area (Å²) >= 11 is 12.0. The first-order chi connectivity index (χ1) is 11.0. The Morgan fingerprint density at radius 3 is 2.91 bits per heavy atom. The second-order valence-corrected chi connectivity index (χ2v) is 6.23. The Bertz CT molecular complexity index is 673. The number of aryl methyl sites for hydroxylation is 1. The van der Waals surface area contributed by atoms with Gasteiger partial charge in [-0.25, -0.2) is 4.98 Å². The number of nitrogens with zero attached hydrogens (tertiary/aromatic N) is 1. The Labute approximate surface area is 145 Å². The SMILES string of the molecule is CC(CN)CNC(=O)CCc1ncc(-c2ccc(Cl)cc2Cl)o1. The zero-order valence-corrected chi connectivity index (χ0v) is 14.3. The summed E-state index contributed by atoms with van der Waals surface area (Å²) in [4.78, 5) is 15.9. The van der Waals surface area contributed by atoms with Crippen LogP contribution < -0.4 is 11.1 Å². The molecule has 1 heterocycles. The second kappa shape index (κ2) is 8.34. The van der Waals surface area contributed by atoms with Crippen LogP contribution in [0.5, 0.6) is 0 Å². The van der Waals surface area contributed by atoms with E-state index < -0.39 is 0 Å². The van der Waals surface area contributed by atoms with Crippen molar-refractivity contribution >= 4 is 29.1 Å². The molecular formula is C16H19Cl2N3O2. The van der Waals surface area contributed by atoms with Gasteiger partial charge in [-0.2, -0.15) is 0 Å². The van der Waals surface area contributed by atoms with Gasteiger partial charge in [0.2, 0.25) is 5.91 Å². The van der Waals surface area contributed by atoms with Crippen LogP contribution in [0.15, 0.2) is 28.8 Å². The van der Waals surface area contributed by atoms with Crippen molar-refractivity contribution in [1.29, 1.82) is 0 Å². The van der Waals surface area contributed by atoms with Crippen LogP contribution >= 0.6 is 23.2 Å². The maximum absolute atomic E-state index is 11.7. The lowest BCUT2D eigenvalue weighted by atomic mass is 10.2. The average Bonchev–Trinajstić information content (AvgIpc) is 2.99. The van der Waals surface area contributed by atoms with Gasteiger partial charge >= 0.3 is 0 Å². The van der Waals surface area contributed by atoms with Gasteiger partial charge < -0.3 is 15.5 Å². The molecule has 1 aromatic carbocycles. The van der Waals surface area contributed by atoms with Crippen molar-refractivity contribution in [1.82, 2.24) is 10.3 Å². The first kappa shape index (κ1) is 17.8. The summed E-state index contributed by atoms with van der Waals surface area (Å²) in [6, 6.07) is 5.15. The molecule has 0 fully saturated rings. The minimum Gasteiger partial charge on any atom is -0.441 e. The first-order valence-corrected chi connectivity index (χ1v) is 8.12. The van der Waals surface area contributed by atoms with E-state index >= 15 is 0 Å². The lowest BCUT2D eigenvalue weighted by Gasteiger charge is -2.09. The number of oxazole rings is 1. The Morgan fingerprint density at radius 2 is 2.22 bits per heavy atom. The fourth-order valence-electron chi connectivity index (χ4n) is 1.92. The molecular weight excluding hydrogens is 337 g/mol. The molecule has 2 rings (SSSR count). The molecule has 3 N–H and O–H groups in total. The minimum atomic E-state index is -0.0467. The van der Waals surface area contributed by atoms with Gasteiger partial charge in [-0.3, -0.25) is 4.79 Å². The van der Waals surface area contributed by atoms with Gasteiger partial charge in [0, 0.05) is 30.0 Å². The molecule has 0 aliphatic carbocycles. The molecule has 1 amide bonds. The van der Waals surface area contributed by atoms with Gasteiger partial charge in [-0.1, -0.05) is 30.1 Å². The highest BCUT2D eigenvalue weighted by Crippen LogP contribution is 2.30. The highest BCUT2D eigenvalue weighted by molar-refractivity contribution is 6.36. The zero-order chi connectivity index (χ0) is 16.8. The first-order valence-electron chi connectivity index (χ1n) is 7.36. The molecule has 0 aliphatic heterocycles. The van der Waals surface area contributed by atoms with Crippen molar-refractivity contribution in [2.45, 2.75) is 19.8 Å². The van der Waals surface area contributed by atoms with Crippen molar-refractivity contribution in [3.63, 3.8) is 0 Å². The third-order valence-electron chi connectivity index (χ3n) is 3.37. The van der Waals surface area contributed by atoms with E-state index in [0.29, 0.717) is 47.6 Å². The Kier molecular flexibility index (Phi) is 6.45. The Hall–Kier alpha value is -1.56. The number of rotatable bonds is 7. The molecule has 1 aromatic heterocycles. The van der Waals surface area contributed by atoms with Crippen molar-refractivity contribution in [3.8, 4) is 11.3 Å². The van der Waals surface area contributed by atoms with E-state index in [1.807, 2.05) is 6.92 Å². The van der Waals surface area contributed by atoms with Crippen LogP contribution in [0.2, 0.25) is 10.0 Å². The van der Waals surface area contributed by atoms with Crippen molar-refractivity contribution in [3.05, 3.63) is 40.3 Å². The van der Waals surface area contributed by atoms with Gasteiger partial charge in [0.1, 0.15) is 0 Å². The zero-order valence-electron chi connectivity index (χ0n) is 12.8. The van der Waals surface area contributed by atoms with Crippen LogP contribution in [-0.4, -0.2) is 24.0 Å². The number of carbonyl (C=O) groups excluding carboxylic acids is 1. The van der Waals surface area contributed by atoms with Gasteiger partial charge in [0.05, 0.1) is 11.2 Å². The number of nitrogens with one attached hydrogen (secondary N) is 1. The number of carbonyl (C=O) groups is 1. The van der Waals surface area contributed by atoms with E-state index in [1.165, 1.54) is 0 Å². The summed E-state index contributed by atoms with van der Waals surface area (Å²) in [5, 5.41) is 3.88. The number of amides is 1. The molecule has 1 unspecified atom stereocenters. The fraction of sp³-hybridized carbons (Fsp3) is 0.375.